The van der Waals surface area contributed by atoms with E-state index in [9.17, 15) is 14.0 Å². The van der Waals surface area contributed by atoms with Crippen LogP contribution in [0.15, 0.2) is 23.9 Å². The summed E-state index contributed by atoms with van der Waals surface area (Å²) in [4.78, 5) is 25.1. The molecule has 0 aliphatic carbocycles. The highest BCUT2D eigenvalue weighted by atomic mass is 35.5. The van der Waals surface area contributed by atoms with Crippen molar-refractivity contribution >= 4 is 23.5 Å². The van der Waals surface area contributed by atoms with Crippen LogP contribution in [0.25, 0.3) is 0 Å². The molecule has 0 bridgehead atoms. The average Bonchev–Trinajstić information content (AvgIpc) is 2.59. The lowest BCUT2D eigenvalue weighted by molar-refractivity contribution is -0.138. The normalized spacial score (nSPS) is 19.7. The number of halogens is 2. The van der Waals surface area contributed by atoms with E-state index in [0.717, 1.165) is 5.57 Å². The fourth-order valence-corrected chi connectivity index (χ4v) is 3.88. The van der Waals surface area contributed by atoms with E-state index in [2.05, 4.69) is 0 Å². The number of carboxylic acid groups (broad SMARTS) is 1. The minimum Gasteiger partial charge on any atom is -0.489 e. The second-order valence-electron chi connectivity index (χ2n) is 8.45. The summed E-state index contributed by atoms with van der Waals surface area (Å²) in [6.07, 6.45) is 1.69. The molecule has 1 aliphatic rings. The van der Waals surface area contributed by atoms with Gasteiger partial charge in [0.15, 0.2) is 11.6 Å². The zero-order chi connectivity index (χ0) is 21.9. The van der Waals surface area contributed by atoms with Crippen LogP contribution in [0.4, 0.5) is 4.39 Å². The van der Waals surface area contributed by atoms with Crippen molar-refractivity contribution in [2.24, 2.45) is 11.8 Å². The maximum atomic E-state index is 14.8. The number of carbonyl (C=O) groups is 2. The van der Waals surface area contributed by atoms with Crippen LogP contribution in [-0.2, 0) is 15.0 Å². The molecule has 0 unspecified atom stereocenters. The van der Waals surface area contributed by atoms with Gasteiger partial charge in [0.1, 0.15) is 0 Å². The second-order valence-corrected chi connectivity index (χ2v) is 8.86. The Bertz CT molecular complexity index is 798. The topological polar surface area (TPSA) is 66.8 Å². The maximum Gasteiger partial charge on any atom is 0.305 e. The monoisotopic (exact) mass is 425 g/mol. The molecule has 0 saturated heterocycles. The Hall–Kier alpha value is -2.08. The van der Waals surface area contributed by atoms with Crippen LogP contribution in [0, 0.1) is 17.7 Å². The van der Waals surface area contributed by atoms with Crippen LogP contribution in [0.2, 0.25) is 5.02 Å². The summed E-state index contributed by atoms with van der Waals surface area (Å²) in [6.45, 7) is 10.3. The number of rotatable bonds is 8. The molecule has 1 atom stereocenters. The Morgan fingerprint density at radius 3 is 2.52 bits per heavy atom. The first-order valence-corrected chi connectivity index (χ1v) is 10.2. The minimum atomic E-state index is -0.962. The summed E-state index contributed by atoms with van der Waals surface area (Å²) >= 11 is 6.33. The van der Waals surface area contributed by atoms with E-state index in [1.807, 2.05) is 34.6 Å². The van der Waals surface area contributed by atoms with Gasteiger partial charge < -0.3 is 14.7 Å². The van der Waals surface area contributed by atoms with Gasteiger partial charge in [-0.15, -0.1) is 0 Å². The quantitative estimate of drug-likeness (QED) is 0.635. The number of nitrogens with zero attached hydrogens (tertiary/aromatic N) is 1. The molecule has 0 radical (unpaired) electrons. The van der Waals surface area contributed by atoms with Crippen molar-refractivity contribution in [1.82, 2.24) is 4.90 Å². The third kappa shape index (κ3) is 5.30. The van der Waals surface area contributed by atoms with E-state index in [1.54, 1.807) is 12.3 Å². The van der Waals surface area contributed by atoms with E-state index in [-0.39, 0.29) is 47.9 Å². The van der Waals surface area contributed by atoms with Crippen molar-refractivity contribution in [3.8, 4) is 5.75 Å². The average molecular weight is 426 g/mol. The molecule has 0 fully saturated rings. The van der Waals surface area contributed by atoms with Crippen molar-refractivity contribution < 1.29 is 23.8 Å². The zero-order valence-electron chi connectivity index (χ0n) is 17.6. The van der Waals surface area contributed by atoms with Crippen LogP contribution in [0.3, 0.4) is 0 Å². The summed E-state index contributed by atoms with van der Waals surface area (Å²) < 4.78 is 20.3. The Kier molecular flexibility index (Phi) is 7.33. The van der Waals surface area contributed by atoms with Crippen molar-refractivity contribution in [2.75, 3.05) is 13.2 Å². The molecule has 2 rings (SSSR count). The summed E-state index contributed by atoms with van der Waals surface area (Å²) in [5, 5.41) is 9.10. The van der Waals surface area contributed by atoms with Gasteiger partial charge in [0.25, 0.3) is 0 Å². The van der Waals surface area contributed by atoms with Gasteiger partial charge in [0.05, 0.1) is 18.1 Å². The number of carbonyl (C=O) groups excluding carboxylic acids is 1. The first-order valence-electron chi connectivity index (χ1n) is 9.81. The zero-order valence-corrected chi connectivity index (χ0v) is 18.3. The molecule has 1 aliphatic heterocycles. The van der Waals surface area contributed by atoms with E-state index in [0.29, 0.717) is 12.2 Å². The summed E-state index contributed by atoms with van der Waals surface area (Å²) in [7, 11) is 0. The highest BCUT2D eigenvalue weighted by Crippen LogP contribution is 2.45. The van der Waals surface area contributed by atoms with Crippen LogP contribution >= 0.6 is 11.6 Å². The highest BCUT2D eigenvalue weighted by Gasteiger charge is 2.41. The van der Waals surface area contributed by atoms with E-state index in [4.69, 9.17) is 21.4 Å². The van der Waals surface area contributed by atoms with Crippen molar-refractivity contribution in [2.45, 2.75) is 52.9 Å². The highest BCUT2D eigenvalue weighted by molar-refractivity contribution is 6.32. The molecule has 0 saturated carbocycles. The number of benzene rings is 1. The number of hydrogen-bond acceptors (Lipinski definition) is 3. The number of hydrogen-bond donors (Lipinski definition) is 1. The van der Waals surface area contributed by atoms with Crippen LogP contribution in [0.5, 0.6) is 5.75 Å². The van der Waals surface area contributed by atoms with Gasteiger partial charge in [-0.1, -0.05) is 46.2 Å². The molecule has 29 heavy (non-hydrogen) atoms. The van der Waals surface area contributed by atoms with Crippen LogP contribution < -0.4 is 4.74 Å². The van der Waals surface area contributed by atoms with Gasteiger partial charge in [-0.25, -0.2) is 4.39 Å². The molecule has 1 aromatic carbocycles. The lowest BCUT2D eigenvalue weighted by atomic mass is 9.68. The lowest BCUT2D eigenvalue weighted by Gasteiger charge is -2.41. The number of amides is 1. The number of aliphatic carboxylic acids is 1. The van der Waals surface area contributed by atoms with Gasteiger partial charge in [-0.2, -0.15) is 0 Å². The van der Waals surface area contributed by atoms with Crippen LogP contribution in [0.1, 0.15) is 53.0 Å². The molecule has 1 N–H and O–H groups in total. The predicted molar refractivity (Wildman–Crippen MR) is 111 cm³/mol. The molecular formula is C22H29ClFNO4. The molecule has 0 spiro atoms. The van der Waals surface area contributed by atoms with Gasteiger partial charge in [0.2, 0.25) is 5.91 Å². The van der Waals surface area contributed by atoms with Crippen molar-refractivity contribution in [1.29, 1.82) is 0 Å². The van der Waals surface area contributed by atoms with Crippen LogP contribution in [-0.4, -0.2) is 35.0 Å². The minimum absolute atomic E-state index is 0.0213. The Labute approximate surface area is 176 Å². The number of allylic oxidation sites excluding steroid dienone is 1. The SMILES string of the molecule is CC(C)COc1c(F)cc([C@]2(C)CC(=O)N(CCC(=O)O)C=C2C(C)C)cc1Cl. The fourth-order valence-electron chi connectivity index (χ4n) is 3.62. The first kappa shape index (κ1) is 23.2. The third-order valence-corrected chi connectivity index (χ3v) is 5.42. The Balaban J connectivity index is 2.44. The fraction of sp³-hybridized carbons (Fsp3) is 0.545. The molecular weight excluding hydrogens is 397 g/mol. The molecule has 1 amide bonds. The van der Waals surface area contributed by atoms with Gasteiger partial charge in [-0.3, -0.25) is 9.59 Å². The van der Waals surface area contributed by atoms with Crippen molar-refractivity contribution in [3.05, 3.63) is 40.3 Å². The molecule has 1 heterocycles. The predicted octanol–water partition coefficient (Wildman–Crippen LogP) is 5.02. The summed E-state index contributed by atoms with van der Waals surface area (Å²) in [5.41, 5.74) is 0.781. The molecule has 5 nitrogen and oxygen atoms in total. The molecule has 1 aromatic rings. The van der Waals surface area contributed by atoms with Gasteiger partial charge >= 0.3 is 5.97 Å². The summed E-state index contributed by atoms with van der Waals surface area (Å²) in [5.74, 6) is -1.40. The molecule has 0 aromatic heterocycles. The van der Waals surface area contributed by atoms with Gasteiger partial charge in [-0.05, 0) is 35.1 Å². The van der Waals surface area contributed by atoms with E-state index >= 15 is 0 Å². The van der Waals surface area contributed by atoms with E-state index < -0.39 is 17.2 Å². The molecule has 7 heteroatoms. The first-order chi connectivity index (χ1) is 13.5. The second kappa shape index (κ2) is 9.16. The van der Waals surface area contributed by atoms with E-state index in [1.165, 1.54) is 11.0 Å². The largest absolute Gasteiger partial charge is 0.489 e. The smallest absolute Gasteiger partial charge is 0.305 e. The summed E-state index contributed by atoms with van der Waals surface area (Å²) in [6, 6.07) is 3.05. The number of carboxylic acids is 1. The van der Waals surface area contributed by atoms with Gasteiger partial charge in [0, 0.05) is 24.6 Å². The Morgan fingerprint density at radius 2 is 2.00 bits per heavy atom. The maximum absolute atomic E-state index is 14.8. The standard InChI is InChI=1S/C22H29ClFNO4/c1-13(2)12-29-21-17(23)8-15(9-18(21)24)22(5)10-19(26)25(7-6-20(27)28)11-16(22)14(3)4/h8-9,11,13-14H,6-7,10,12H2,1-5H3,(H,27,28)/t22-/m0/s1. The number of ether oxygens (including phenoxy) is 1. The van der Waals surface area contributed by atoms with Crippen molar-refractivity contribution in [3.63, 3.8) is 0 Å². The Morgan fingerprint density at radius 1 is 1.34 bits per heavy atom. The lowest BCUT2D eigenvalue weighted by Crippen LogP contribution is -2.42. The third-order valence-electron chi connectivity index (χ3n) is 5.14. The molecule has 160 valence electrons.